The molecule has 0 amide bonds. The molecule has 0 atom stereocenters. The summed E-state index contributed by atoms with van der Waals surface area (Å²) in [6.07, 6.45) is 8.79. The van der Waals surface area contributed by atoms with Crippen molar-refractivity contribution in [3.05, 3.63) is 23.8 Å². The standard InChI is InChI=1S/C15H25N3OS/c1-19-10-9-16-11-13-7-8-17-15(18-13)12-20-14-5-3-2-4-6-14/h7-8,14,16H,2-6,9-12H2,1H3. The van der Waals surface area contributed by atoms with E-state index in [0.717, 1.165) is 42.2 Å². The highest BCUT2D eigenvalue weighted by atomic mass is 32.2. The molecule has 0 bridgehead atoms. The molecule has 20 heavy (non-hydrogen) atoms. The van der Waals surface area contributed by atoms with Crippen LogP contribution in [0.2, 0.25) is 0 Å². The first-order valence-electron chi connectivity index (χ1n) is 7.50. The van der Waals surface area contributed by atoms with Crippen molar-refractivity contribution in [2.24, 2.45) is 0 Å². The molecule has 1 aromatic heterocycles. The number of methoxy groups -OCH3 is 1. The lowest BCUT2D eigenvalue weighted by atomic mass is 10.0. The van der Waals surface area contributed by atoms with Crippen molar-refractivity contribution in [1.82, 2.24) is 15.3 Å². The van der Waals surface area contributed by atoms with Gasteiger partial charge in [-0.3, -0.25) is 0 Å². The minimum atomic E-state index is 0.732. The number of aromatic nitrogens is 2. The molecule has 0 unspecified atom stereocenters. The van der Waals surface area contributed by atoms with Crippen LogP contribution in [0.15, 0.2) is 12.3 Å². The summed E-state index contributed by atoms with van der Waals surface area (Å²) in [4.78, 5) is 9.00. The van der Waals surface area contributed by atoms with Gasteiger partial charge < -0.3 is 10.1 Å². The lowest BCUT2D eigenvalue weighted by Crippen LogP contribution is -2.19. The maximum absolute atomic E-state index is 5.01. The smallest absolute Gasteiger partial charge is 0.138 e. The Bertz CT molecular complexity index is 383. The molecular formula is C15H25N3OS. The number of rotatable bonds is 8. The van der Waals surface area contributed by atoms with Crippen molar-refractivity contribution < 1.29 is 4.74 Å². The third-order valence-corrected chi connectivity index (χ3v) is 4.92. The van der Waals surface area contributed by atoms with E-state index in [2.05, 4.69) is 15.3 Å². The Morgan fingerprint density at radius 1 is 1.35 bits per heavy atom. The number of nitrogens with zero attached hydrogens (tertiary/aromatic N) is 2. The molecule has 4 nitrogen and oxygen atoms in total. The molecule has 0 radical (unpaired) electrons. The minimum absolute atomic E-state index is 0.732. The zero-order valence-corrected chi connectivity index (χ0v) is 13.1. The van der Waals surface area contributed by atoms with Gasteiger partial charge in [0.1, 0.15) is 5.82 Å². The summed E-state index contributed by atoms with van der Waals surface area (Å²) in [6, 6.07) is 1.98. The minimum Gasteiger partial charge on any atom is -0.383 e. The van der Waals surface area contributed by atoms with Crippen molar-refractivity contribution in [2.45, 2.75) is 49.7 Å². The molecule has 1 heterocycles. The van der Waals surface area contributed by atoms with E-state index in [-0.39, 0.29) is 0 Å². The van der Waals surface area contributed by atoms with E-state index in [1.54, 1.807) is 7.11 Å². The van der Waals surface area contributed by atoms with E-state index in [9.17, 15) is 0 Å². The molecule has 5 heteroatoms. The third-order valence-electron chi connectivity index (χ3n) is 3.55. The molecule has 1 aromatic rings. The van der Waals surface area contributed by atoms with Gasteiger partial charge in [-0.2, -0.15) is 11.8 Å². The van der Waals surface area contributed by atoms with Gasteiger partial charge in [0.2, 0.25) is 0 Å². The molecule has 0 aliphatic heterocycles. The number of nitrogens with one attached hydrogen (secondary N) is 1. The maximum atomic E-state index is 5.01. The molecule has 2 rings (SSSR count). The van der Waals surface area contributed by atoms with Crippen LogP contribution in [0.25, 0.3) is 0 Å². The molecule has 0 saturated heterocycles. The van der Waals surface area contributed by atoms with Crippen LogP contribution in [0.3, 0.4) is 0 Å². The van der Waals surface area contributed by atoms with Crippen molar-refractivity contribution in [3.8, 4) is 0 Å². The van der Waals surface area contributed by atoms with Crippen LogP contribution >= 0.6 is 11.8 Å². The van der Waals surface area contributed by atoms with Crippen molar-refractivity contribution in [2.75, 3.05) is 20.3 Å². The van der Waals surface area contributed by atoms with E-state index in [0.29, 0.717) is 0 Å². The van der Waals surface area contributed by atoms with Gasteiger partial charge in [0, 0.05) is 31.6 Å². The molecule has 0 spiro atoms. The van der Waals surface area contributed by atoms with Crippen LogP contribution in [0.4, 0.5) is 0 Å². The molecule has 1 N–H and O–H groups in total. The quantitative estimate of drug-likeness (QED) is 0.747. The molecule has 0 aromatic carbocycles. The van der Waals surface area contributed by atoms with Gasteiger partial charge in [-0.05, 0) is 18.9 Å². The summed E-state index contributed by atoms with van der Waals surface area (Å²) in [5.41, 5.74) is 1.07. The van der Waals surface area contributed by atoms with Gasteiger partial charge in [0.05, 0.1) is 18.1 Å². The van der Waals surface area contributed by atoms with Crippen molar-refractivity contribution in [1.29, 1.82) is 0 Å². The summed E-state index contributed by atoms with van der Waals surface area (Å²) >= 11 is 2.03. The molecule has 1 saturated carbocycles. The summed E-state index contributed by atoms with van der Waals surface area (Å²) in [5, 5.41) is 4.13. The highest BCUT2D eigenvalue weighted by molar-refractivity contribution is 7.99. The van der Waals surface area contributed by atoms with Crippen LogP contribution in [0.5, 0.6) is 0 Å². The van der Waals surface area contributed by atoms with Crippen LogP contribution in [-0.2, 0) is 17.0 Å². The number of ether oxygens (including phenoxy) is 1. The summed E-state index contributed by atoms with van der Waals surface area (Å²) < 4.78 is 5.01. The van der Waals surface area contributed by atoms with Crippen molar-refractivity contribution >= 4 is 11.8 Å². The van der Waals surface area contributed by atoms with Gasteiger partial charge >= 0.3 is 0 Å². The van der Waals surface area contributed by atoms with Crippen LogP contribution < -0.4 is 5.32 Å². The summed E-state index contributed by atoms with van der Waals surface area (Å²) in [5.74, 6) is 1.91. The Labute approximate surface area is 126 Å². The Hall–Kier alpha value is -0.650. The Balaban J connectivity index is 1.73. The van der Waals surface area contributed by atoms with Crippen LogP contribution in [0, 0.1) is 0 Å². The fourth-order valence-electron chi connectivity index (χ4n) is 2.42. The highest BCUT2D eigenvalue weighted by Crippen LogP contribution is 2.29. The second-order valence-electron chi connectivity index (χ2n) is 5.20. The average molecular weight is 295 g/mol. The van der Waals surface area contributed by atoms with E-state index in [1.165, 1.54) is 32.1 Å². The SMILES string of the molecule is COCCNCc1ccnc(CSC2CCCCC2)n1. The van der Waals surface area contributed by atoms with E-state index in [1.807, 2.05) is 24.0 Å². The van der Waals surface area contributed by atoms with Gasteiger partial charge in [0.15, 0.2) is 0 Å². The molecule has 1 aliphatic carbocycles. The molecule has 1 aliphatic rings. The van der Waals surface area contributed by atoms with Gasteiger partial charge in [0.25, 0.3) is 0 Å². The summed E-state index contributed by atoms with van der Waals surface area (Å²) in [7, 11) is 1.72. The third kappa shape index (κ3) is 5.77. The van der Waals surface area contributed by atoms with Crippen molar-refractivity contribution in [3.63, 3.8) is 0 Å². The normalized spacial score (nSPS) is 16.4. The number of hydrogen-bond donors (Lipinski definition) is 1. The Kier molecular flexibility index (Phi) is 7.33. The van der Waals surface area contributed by atoms with Crippen LogP contribution in [0.1, 0.15) is 43.6 Å². The predicted octanol–water partition coefficient (Wildman–Crippen LogP) is 2.78. The van der Waals surface area contributed by atoms with Gasteiger partial charge in [-0.1, -0.05) is 19.3 Å². The average Bonchev–Trinajstić information content (AvgIpc) is 2.51. The molecular weight excluding hydrogens is 270 g/mol. The van der Waals surface area contributed by atoms with E-state index >= 15 is 0 Å². The monoisotopic (exact) mass is 295 g/mol. The lowest BCUT2D eigenvalue weighted by Gasteiger charge is -2.20. The molecule has 112 valence electrons. The highest BCUT2D eigenvalue weighted by Gasteiger charge is 2.14. The first-order valence-corrected chi connectivity index (χ1v) is 8.55. The second-order valence-corrected chi connectivity index (χ2v) is 6.49. The van der Waals surface area contributed by atoms with E-state index in [4.69, 9.17) is 4.74 Å². The van der Waals surface area contributed by atoms with Gasteiger partial charge in [-0.15, -0.1) is 0 Å². The fraction of sp³-hybridized carbons (Fsp3) is 0.733. The Morgan fingerprint density at radius 3 is 3.00 bits per heavy atom. The van der Waals surface area contributed by atoms with Crippen LogP contribution in [-0.4, -0.2) is 35.5 Å². The topological polar surface area (TPSA) is 47.0 Å². The molecule has 1 fully saturated rings. The summed E-state index contributed by atoms with van der Waals surface area (Å²) in [6.45, 7) is 2.37. The van der Waals surface area contributed by atoms with E-state index < -0.39 is 0 Å². The second kappa shape index (κ2) is 9.32. The number of thioether (sulfide) groups is 1. The predicted molar refractivity (Wildman–Crippen MR) is 83.8 cm³/mol. The Morgan fingerprint density at radius 2 is 2.20 bits per heavy atom. The maximum Gasteiger partial charge on any atom is 0.138 e. The largest absolute Gasteiger partial charge is 0.383 e. The zero-order valence-electron chi connectivity index (χ0n) is 12.3. The van der Waals surface area contributed by atoms with Gasteiger partial charge in [-0.25, -0.2) is 9.97 Å². The number of hydrogen-bond acceptors (Lipinski definition) is 5. The lowest BCUT2D eigenvalue weighted by molar-refractivity contribution is 0.199. The first kappa shape index (κ1) is 15.7. The first-order chi connectivity index (χ1) is 9.88. The fourth-order valence-corrected chi connectivity index (χ4v) is 3.61. The zero-order chi connectivity index (χ0) is 14.0.